The van der Waals surface area contributed by atoms with Gasteiger partial charge in [0.1, 0.15) is 4.88 Å². The van der Waals surface area contributed by atoms with E-state index in [2.05, 4.69) is 54.2 Å². The van der Waals surface area contributed by atoms with Gasteiger partial charge in [0.2, 0.25) is 0 Å². The zero-order valence-electron chi connectivity index (χ0n) is 15.7. The van der Waals surface area contributed by atoms with Crippen LogP contribution in [0.2, 0.25) is 0 Å². The maximum absolute atomic E-state index is 12.5. The Hall–Kier alpha value is -1.76. The van der Waals surface area contributed by atoms with Crippen LogP contribution in [0, 0.1) is 0 Å². The minimum Gasteiger partial charge on any atom is -0.379 e. The lowest BCUT2D eigenvalue weighted by molar-refractivity contribution is 0.0340. The lowest BCUT2D eigenvalue weighted by Crippen LogP contribution is -2.36. The Morgan fingerprint density at radius 1 is 1.23 bits per heavy atom. The number of nitrogens with zero attached hydrogens (tertiary/aromatic N) is 2. The molecule has 140 valence electrons. The lowest BCUT2D eigenvalue weighted by Gasteiger charge is -2.27. The summed E-state index contributed by atoms with van der Waals surface area (Å²) >= 11 is 1.47. The van der Waals surface area contributed by atoms with Crippen LogP contribution in [0.4, 0.5) is 0 Å². The number of thiazole rings is 1. The Kier molecular flexibility index (Phi) is 6.06. The molecule has 1 aromatic carbocycles. The van der Waals surface area contributed by atoms with E-state index in [-0.39, 0.29) is 11.3 Å². The van der Waals surface area contributed by atoms with Gasteiger partial charge >= 0.3 is 0 Å². The first-order valence-electron chi connectivity index (χ1n) is 9.05. The van der Waals surface area contributed by atoms with Crippen LogP contribution in [0.5, 0.6) is 0 Å². The molecule has 26 heavy (non-hydrogen) atoms. The summed E-state index contributed by atoms with van der Waals surface area (Å²) in [6.45, 7) is 11.2. The summed E-state index contributed by atoms with van der Waals surface area (Å²) in [5.41, 5.74) is 2.39. The summed E-state index contributed by atoms with van der Waals surface area (Å²) in [5, 5.41) is 4.03. The van der Waals surface area contributed by atoms with E-state index in [9.17, 15) is 4.79 Å². The van der Waals surface area contributed by atoms with Crippen molar-refractivity contribution in [3.8, 4) is 0 Å². The molecule has 1 aliphatic heterocycles. The van der Waals surface area contributed by atoms with Crippen molar-refractivity contribution in [3.63, 3.8) is 0 Å². The van der Waals surface area contributed by atoms with Crippen molar-refractivity contribution in [1.29, 1.82) is 0 Å². The molecule has 0 spiro atoms. The van der Waals surface area contributed by atoms with Gasteiger partial charge in [-0.05, 0) is 11.1 Å². The molecule has 1 aromatic heterocycles. The first-order chi connectivity index (χ1) is 12.4. The Balaban J connectivity index is 1.62. The molecule has 0 unspecified atom stereocenters. The summed E-state index contributed by atoms with van der Waals surface area (Å²) in [4.78, 5) is 19.9. The van der Waals surface area contributed by atoms with Crippen LogP contribution in [0.15, 0.2) is 30.5 Å². The van der Waals surface area contributed by atoms with Crippen molar-refractivity contribution < 1.29 is 9.53 Å². The Bertz CT molecular complexity index is 746. The summed E-state index contributed by atoms with van der Waals surface area (Å²) in [7, 11) is 0. The van der Waals surface area contributed by atoms with E-state index < -0.39 is 0 Å². The Morgan fingerprint density at radius 2 is 1.92 bits per heavy atom. The highest BCUT2D eigenvalue weighted by atomic mass is 32.1. The fourth-order valence-corrected chi connectivity index (χ4v) is 3.76. The number of hydrogen-bond donors (Lipinski definition) is 1. The summed E-state index contributed by atoms with van der Waals surface area (Å²) < 4.78 is 5.42. The molecule has 1 amide bonds. The van der Waals surface area contributed by atoms with E-state index in [4.69, 9.17) is 4.74 Å². The summed E-state index contributed by atoms with van der Waals surface area (Å²) in [6, 6.07) is 8.30. The van der Waals surface area contributed by atoms with Crippen molar-refractivity contribution >= 4 is 17.2 Å². The summed E-state index contributed by atoms with van der Waals surface area (Å²) in [5.74, 6) is -0.0563. The molecule has 5 nitrogen and oxygen atoms in total. The molecule has 1 N–H and O–H groups in total. The van der Waals surface area contributed by atoms with E-state index in [1.165, 1.54) is 16.9 Å². The Morgan fingerprint density at radius 3 is 2.58 bits per heavy atom. The quantitative estimate of drug-likeness (QED) is 0.874. The number of rotatable bonds is 5. The molecule has 0 atom stereocenters. The van der Waals surface area contributed by atoms with Crippen LogP contribution in [-0.2, 0) is 23.2 Å². The summed E-state index contributed by atoms with van der Waals surface area (Å²) in [6.07, 6.45) is 1.68. The number of aromatic nitrogens is 1. The van der Waals surface area contributed by atoms with Gasteiger partial charge in [-0.25, -0.2) is 4.98 Å². The molecule has 0 saturated carbocycles. The highest BCUT2D eigenvalue weighted by Gasteiger charge is 2.20. The van der Waals surface area contributed by atoms with Crippen molar-refractivity contribution in [3.05, 3.63) is 51.5 Å². The zero-order chi connectivity index (χ0) is 18.6. The molecule has 0 aliphatic carbocycles. The van der Waals surface area contributed by atoms with Crippen LogP contribution in [-0.4, -0.2) is 42.1 Å². The van der Waals surface area contributed by atoms with Crippen molar-refractivity contribution in [1.82, 2.24) is 15.2 Å². The van der Waals surface area contributed by atoms with Crippen molar-refractivity contribution in [2.24, 2.45) is 0 Å². The van der Waals surface area contributed by atoms with Gasteiger partial charge in [-0.3, -0.25) is 9.69 Å². The van der Waals surface area contributed by atoms with Gasteiger partial charge in [0.05, 0.1) is 24.4 Å². The molecule has 1 fully saturated rings. The van der Waals surface area contributed by atoms with Gasteiger partial charge < -0.3 is 10.1 Å². The third-order valence-electron chi connectivity index (χ3n) is 4.43. The lowest BCUT2D eigenvalue weighted by atomic mass is 9.98. The molecule has 1 saturated heterocycles. The van der Waals surface area contributed by atoms with E-state index >= 15 is 0 Å². The highest BCUT2D eigenvalue weighted by molar-refractivity contribution is 7.13. The minimum atomic E-state index is -0.0563. The topological polar surface area (TPSA) is 54.5 Å². The molecule has 2 heterocycles. The standard InChI is InChI=1S/C20H27N3O2S/c1-20(2,3)19-22-13-17(26-19)18(24)21-12-15-6-4-5-7-16(15)14-23-8-10-25-11-9-23/h4-7,13H,8-12,14H2,1-3H3,(H,21,24). The van der Waals surface area contributed by atoms with Crippen LogP contribution in [0.1, 0.15) is 46.6 Å². The number of nitrogens with one attached hydrogen (secondary N) is 1. The number of amides is 1. The average Bonchev–Trinajstić information content (AvgIpc) is 3.12. The van der Waals surface area contributed by atoms with Crippen LogP contribution >= 0.6 is 11.3 Å². The molecular weight excluding hydrogens is 346 g/mol. The largest absolute Gasteiger partial charge is 0.379 e. The number of carbonyl (C=O) groups is 1. The maximum atomic E-state index is 12.5. The van der Waals surface area contributed by atoms with Crippen molar-refractivity contribution in [2.75, 3.05) is 26.3 Å². The second-order valence-electron chi connectivity index (χ2n) is 7.62. The van der Waals surface area contributed by atoms with Gasteiger partial charge in [0.25, 0.3) is 5.91 Å². The predicted octanol–water partition coefficient (Wildman–Crippen LogP) is 3.20. The van der Waals surface area contributed by atoms with Crippen LogP contribution in [0.25, 0.3) is 0 Å². The predicted molar refractivity (Wildman–Crippen MR) is 105 cm³/mol. The molecular formula is C20H27N3O2S. The van der Waals surface area contributed by atoms with Gasteiger partial charge in [0, 0.05) is 31.6 Å². The Labute approximate surface area is 159 Å². The molecule has 0 bridgehead atoms. The number of hydrogen-bond acceptors (Lipinski definition) is 5. The monoisotopic (exact) mass is 373 g/mol. The third kappa shape index (κ3) is 4.90. The fourth-order valence-electron chi connectivity index (χ4n) is 2.87. The van der Waals surface area contributed by atoms with Gasteiger partial charge in [-0.2, -0.15) is 0 Å². The van der Waals surface area contributed by atoms with Crippen LogP contribution < -0.4 is 5.32 Å². The minimum absolute atomic E-state index is 0.0338. The first kappa shape index (κ1) is 19.0. The smallest absolute Gasteiger partial charge is 0.263 e. The normalized spacial score (nSPS) is 15.8. The van der Waals surface area contributed by atoms with Crippen LogP contribution in [0.3, 0.4) is 0 Å². The van der Waals surface area contributed by atoms with E-state index in [1.54, 1.807) is 6.20 Å². The molecule has 3 rings (SSSR count). The van der Waals surface area contributed by atoms with Gasteiger partial charge in [-0.15, -0.1) is 11.3 Å². The molecule has 1 aliphatic rings. The van der Waals surface area contributed by atoms with E-state index in [0.717, 1.165) is 43.4 Å². The van der Waals surface area contributed by atoms with Crippen molar-refractivity contribution in [2.45, 2.75) is 39.3 Å². The molecule has 0 radical (unpaired) electrons. The number of morpholine rings is 1. The van der Waals surface area contributed by atoms with E-state index in [1.807, 2.05) is 6.07 Å². The average molecular weight is 374 g/mol. The van der Waals surface area contributed by atoms with E-state index in [0.29, 0.717) is 11.4 Å². The second-order valence-corrected chi connectivity index (χ2v) is 8.65. The first-order valence-corrected chi connectivity index (χ1v) is 9.86. The fraction of sp³-hybridized carbons (Fsp3) is 0.500. The zero-order valence-corrected chi connectivity index (χ0v) is 16.6. The number of carbonyl (C=O) groups excluding carboxylic acids is 1. The van der Waals surface area contributed by atoms with Gasteiger partial charge in [0.15, 0.2) is 0 Å². The number of ether oxygens (including phenoxy) is 1. The highest BCUT2D eigenvalue weighted by Crippen LogP contribution is 2.26. The second kappa shape index (κ2) is 8.29. The van der Waals surface area contributed by atoms with Gasteiger partial charge in [-0.1, -0.05) is 45.0 Å². The third-order valence-corrected chi connectivity index (χ3v) is 5.85. The molecule has 2 aromatic rings. The maximum Gasteiger partial charge on any atom is 0.263 e. The number of benzene rings is 1. The molecule has 6 heteroatoms. The SMILES string of the molecule is CC(C)(C)c1ncc(C(=O)NCc2ccccc2CN2CCOCC2)s1.